The minimum atomic E-state index is -0.568. The molecule has 0 spiro atoms. The van der Waals surface area contributed by atoms with Crippen molar-refractivity contribution in [2.75, 3.05) is 18.6 Å². The molecule has 0 saturated carbocycles. The van der Waals surface area contributed by atoms with E-state index in [1.54, 1.807) is 19.5 Å². The number of furan rings is 1. The molecular weight excluding hydrogens is 292 g/mol. The van der Waals surface area contributed by atoms with E-state index in [0.29, 0.717) is 16.6 Å². The third kappa shape index (κ3) is 3.49. The van der Waals surface area contributed by atoms with Crippen LogP contribution in [0.4, 0.5) is 5.13 Å². The van der Waals surface area contributed by atoms with Crippen LogP contribution < -0.4 is 4.90 Å². The molecule has 0 unspecified atom stereocenters. The largest absolute Gasteiger partial charge is 0.472 e. The van der Waals surface area contributed by atoms with Gasteiger partial charge in [-0.3, -0.25) is 4.79 Å². The quantitative estimate of drug-likeness (QED) is 0.603. The molecule has 0 aromatic carbocycles. The van der Waals surface area contributed by atoms with E-state index in [0.717, 1.165) is 5.56 Å². The second kappa shape index (κ2) is 6.53. The number of Topliss-reactive ketones (excluding diaryl/α,β-unsaturated/α-hetero) is 1. The lowest BCUT2D eigenvalue weighted by atomic mass is 10.3. The highest BCUT2D eigenvalue weighted by Gasteiger charge is 2.23. The van der Waals surface area contributed by atoms with Crippen LogP contribution in [0.1, 0.15) is 39.6 Å². The molecule has 0 fully saturated rings. The summed E-state index contributed by atoms with van der Waals surface area (Å²) in [4.78, 5) is 29.9. The van der Waals surface area contributed by atoms with Gasteiger partial charge in [0.25, 0.3) is 0 Å². The van der Waals surface area contributed by atoms with Crippen molar-refractivity contribution < 1.29 is 18.7 Å². The van der Waals surface area contributed by atoms with Crippen LogP contribution in [0.5, 0.6) is 0 Å². The average Bonchev–Trinajstić information content (AvgIpc) is 3.07. The molecular formula is C14H16N2O4S. The van der Waals surface area contributed by atoms with Crippen LogP contribution in [0, 0.1) is 0 Å². The van der Waals surface area contributed by atoms with Gasteiger partial charge in [-0.1, -0.05) is 11.3 Å². The van der Waals surface area contributed by atoms with E-state index in [2.05, 4.69) is 4.98 Å². The van der Waals surface area contributed by atoms with Gasteiger partial charge in [-0.25, -0.2) is 9.78 Å². The predicted octanol–water partition coefficient (Wildman–Crippen LogP) is 2.75. The third-order valence-electron chi connectivity index (χ3n) is 2.73. The number of hydrogen-bond donors (Lipinski definition) is 0. The van der Waals surface area contributed by atoms with Crippen molar-refractivity contribution in [1.82, 2.24) is 4.98 Å². The number of esters is 1. The Labute approximate surface area is 126 Å². The topological polar surface area (TPSA) is 72.6 Å². The second-order valence-corrected chi connectivity index (χ2v) is 5.42. The highest BCUT2D eigenvalue weighted by atomic mass is 32.1. The monoisotopic (exact) mass is 308 g/mol. The minimum Gasteiger partial charge on any atom is -0.472 e. The van der Waals surface area contributed by atoms with Crippen LogP contribution in [0.2, 0.25) is 0 Å². The Morgan fingerprint density at radius 3 is 2.81 bits per heavy atom. The molecule has 112 valence electrons. The Bertz CT molecular complexity index is 633. The minimum absolute atomic E-state index is 0.0865. The molecule has 2 rings (SSSR count). The Kier molecular flexibility index (Phi) is 4.74. The summed E-state index contributed by atoms with van der Waals surface area (Å²) in [5.41, 5.74) is 1.07. The third-order valence-corrected chi connectivity index (χ3v) is 4.00. The van der Waals surface area contributed by atoms with Gasteiger partial charge in [-0.05, 0) is 13.0 Å². The summed E-state index contributed by atoms with van der Waals surface area (Å²) in [7, 11) is 1.84. The normalized spacial score (nSPS) is 10.4. The molecule has 0 amide bonds. The summed E-state index contributed by atoms with van der Waals surface area (Å²) in [6.07, 6.45) is 3.23. The molecule has 0 bridgehead atoms. The van der Waals surface area contributed by atoms with Crippen molar-refractivity contribution in [3.63, 3.8) is 0 Å². The van der Waals surface area contributed by atoms with Crippen molar-refractivity contribution in [3.8, 4) is 0 Å². The summed E-state index contributed by atoms with van der Waals surface area (Å²) in [5.74, 6) is -0.763. The van der Waals surface area contributed by atoms with Gasteiger partial charge >= 0.3 is 5.97 Å². The number of anilines is 1. The number of carbonyl (C=O) groups excluding carboxylic acids is 2. The molecule has 7 heteroatoms. The summed E-state index contributed by atoms with van der Waals surface area (Å²) >= 11 is 1.19. The van der Waals surface area contributed by atoms with Gasteiger partial charge in [0.1, 0.15) is 4.88 Å². The van der Waals surface area contributed by atoms with Crippen LogP contribution in [-0.2, 0) is 11.3 Å². The van der Waals surface area contributed by atoms with Crippen LogP contribution in [-0.4, -0.2) is 30.4 Å². The Balaban J connectivity index is 2.26. The van der Waals surface area contributed by atoms with Gasteiger partial charge in [-0.15, -0.1) is 0 Å². The molecule has 6 nitrogen and oxygen atoms in total. The number of ether oxygens (including phenoxy) is 1. The van der Waals surface area contributed by atoms with Gasteiger partial charge in [0, 0.05) is 26.1 Å². The van der Waals surface area contributed by atoms with E-state index in [9.17, 15) is 9.59 Å². The molecule has 21 heavy (non-hydrogen) atoms. The molecule has 2 aromatic heterocycles. The Morgan fingerprint density at radius 1 is 1.48 bits per heavy atom. The van der Waals surface area contributed by atoms with Gasteiger partial charge in [0.2, 0.25) is 0 Å². The smallest absolute Gasteiger partial charge is 0.358 e. The average molecular weight is 308 g/mol. The first-order chi connectivity index (χ1) is 10.0. The van der Waals surface area contributed by atoms with E-state index in [-0.39, 0.29) is 18.1 Å². The van der Waals surface area contributed by atoms with Crippen molar-refractivity contribution in [1.29, 1.82) is 0 Å². The zero-order valence-electron chi connectivity index (χ0n) is 12.1. The van der Waals surface area contributed by atoms with Gasteiger partial charge in [0.15, 0.2) is 16.6 Å². The number of aromatic nitrogens is 1. The maximum atomic E-state index is 11.9. The lowest BCUT2D eigenvalue weighted by Gasteiger charge is -2.13. The predicted molar refractivity (Wildman–Crippen MR) is 78.9 cm³/mol. The zero-order chi connectivity index (χ0) is 15.4. The lowest BCUT2D eigenvalue weighted by molar-refractivity contribution is 0.0517. The molecule has 0 aliphatic heterocycles. The van der Waals surface area contributed by atoms with E-state index in [4.69, 9.17) is 9.15 Å². The fraction of sp³-hybridized carbons (Fsp3) is 0.357. The number of thiazole rings is 1. The fourth-order valence-electron chi connectivity index (χ4n) is 1.77. The first kappa shape index (κ1) is 15.2. The fourth-order valence-corrected chi connectivity index (χ4v) is 2.68. The van der Waals surface area contributed by atoms with E-state index >= 15 is 0 Å². The molecule has 0 aliphatic rings. The first-order valence-electron chi connectivity index (χ1n) is 6.44. The molecule has 2 heterocycles. The number of hydrogen-bond acceptors (Lipinski definition) is 7. The van der Waals surface area contributed by atoms with E-state index < -0.39 is 5.97 Å². The van der Waals surface area contributed by atoms with Gasteiger partial charge in [-0.2, -0.15) is 0 Å². The summed E-state index contributed by atoms with van der Waals surface area (Å²) in [6, 6.07) is 1.85. The first-order valence-corrected chi connectivity index (χ1v) is 7.25. The van der Waals surface area contributed by atoms with Crippen molar-refractivity contribution in [3.05, 3.63) is 34.7 Å². The van der Waals surface area contributed by atoms with E-state index in [1.165, 1.54) is 18.3 Å². The van der Waals surface area contributed by atoms with Crippen molar-refractivity contribution in [2.24, 2.45) is 0 Å². The molecule has 2 aromatic rings. The molecule has 0 radical (unpaired) electrons. The van der Waals surface area contributed by atoms with Crippen LogP contribution in [0.15, 0.2) is 23.0 Å². The number of nitrogens with zero attached hydrogens (tertiary/aromatic N) is 2. The lowest BCUT2D eigenvalue weighted by Crippen LogP contribution is -2.16. The molecule has 0 saturated heterocycles. The maximum absolute atomic E-state index is 11.9. The number of carbonyl (C=O) groups is 2. The Hall–Kier alpha value is -2.15. The van der Waals surface area contributed by atoms with Gasteiger partial charge in [0.05, 0.1) is 19.1 Å². The van der Waals surface area contributed by atoms with Crippen LogP contribution in [0.25, 0.3) is 0 Å². The van der Waals surface area contributed by atoms with E-state index in [1.807, 2.05) is 18.0 Å². The molecule has 0 aliphatic carbocycles. The zero-order valence-corrected chi connectivity index (χ0v) is 12.9. The highest BCUT2D eigenvalue weighted by molar-refractivity contribution is 7.17. The van der Waals surface area contributed by atoms with Crippen molar-refractivity contribution >= 4 is 28.2 Å². The number of ketones is 1. The maximum Gasteiger partial charge on any atom is 0.358 e. The second-order valence-electron chi connectivity index (χ2n) is 4.44. The molecule has 0 atom stereocenters. The molecule has 0 N–H and O–H groups in total. The van der Waals surface area contributed by atoms with Crippen LogP contribution >= 0.6 is 11.3 Å². The van der Waals surface area contributed by atoms with Gasteiger partial charge < -0.3 is 14.1 Å². The standard InChI is InChI=1S/C14H16N2O4S/c1-4-20-13(18)11-12(9(2)17)21-14(15-11)16(3)7-10-5-6-19-8-10/h5-6,8H,4,7H2,1-3H3. The van der Waals surface area contributed by atoms with Crippen molar-refractivity contribution in [2.45, 2.75) is 20.4 Å². The number of rotatable bonds is 6. The highest BCUT2D eigenvalue weighted by Crippen LogP contribution is 2.27. The summed E-state index contributed by atoms with van der Waals surface area (Å²) in [6.45, 7) is 3.94. The SMILES string of the molecule is CCOC(=O)c1nc(N(C)Cc2ccoc2)sc1C(C)=O. The summed E-state index contributed by atoms with van der Waals surface area (Å²) in [5, 5.41) is 0.587. The van der Waals surface area contributed by atoms with Crippen LogP contribution in [0.3, 0.4) is 0 Å². The summed E-state index contributed by atoms with van der Waals surface area (Å²) < 4.78 is 9.95. The Morgan fingerprint density at radius 2 is 2.24 bits per heavy atom.